The number of benzene rings is 1. The van der Waals surface area contributed by atoms with Crippen molar-refractivity contribution in [3.63, 3.8) is 0 Å². The van der Waals surface area contributed by atoms with Crippen LogP contribution >= 0.6 is 0 Å². The topological polar surface area (TPSA) is 168 Å². The van der Waals surface area contributed by atoms with Crippen LogP contribution in [0.25, 0.3) is 0 Å². The summed E-state index contributed by atoms with van der Waals surface area (Å²) in [6.45, 7) is 25.7. The molecule has 5 N–H and O–H groups in total. The molecular weight excluding hydrogens is 643 g/mol. The lowest BCUT2D eigenvalue weighted by molar-refractivity contribution is -0.141. The van der Waals surface area contributed by atoms with Crippen LogP contribution in [0.4, 0.5) is 0 Å². The molecule has 4 unspecified atom stereocenters. The second kappa shape index (κ2) is 19.2. The number of carbonyl (C=O) groups is 4. The fourth-order valence-electron chi connectivity index (χ4n) is 5.03. The van der Waals surface area contributed by atoms with Crippen molar-refractivity contribution in [2.75, 3.05) is 12.4 Å². The highest BCUT2D eigenvalue weighted by molar-refractivity contribution is 7.91. The fraction of sp³-hybridized carbons (Fsp3) is 0.676. The van der Waals surface area contributed by atoms with Crippen molar-refractivity contribution in [1.29, 1.82) is 0 Å². The third-order valence-corrected chi connectivity index (χ3v) is 10.3. The van der Waals surface area contributed by atoms with Crippen LogP contribution in [0.5, 0.6) is 0 Å². The van der Waals surface area contributed by atoms with Gasteiger partial charge in [0.05, 0.1) is 17.0 Å². The van der Waals surface area contributed by atoms with Gasteiger partial charge in [-0.05, 0) is 76.8 Å². The number of sulfone groups is 1. The van der Waals surface area contributed by atoms with E-state index in [2.05, 4.69) is 49.0 Å². The third-order valence-electron chi connectivity index (χ3n) is 8.77. The van der Waals surface area contributed by atoms with Crippen LogP contribution in [0.3, 0.4) is 0 Å². The molecule has 1 saturated heterocycles. The summed E-state index contributed by atoms with van der Waals surface area (Å²) in [5, 5.41) is 8.73. The van der Waals surface area contributed by atoms with E-state index in [9.17, 15) is 27.6 Å². The maximum Gasteiger partial charge on any atom is 0.249 e. The van der Waals surface area contributed by atoms with Gasteiger partial charge < -0.3 is 26.6 Å². The molecule has 0 bridgehead atoms. The van der Waals surface area contributed by atoms with Crippen LogP contribution < -0.4 is 21.7 Å². The van der Waals surface area contributed by atoms with E-state index in [4.69, 9.17) is 0 Å². The lowest BCUT2D eigenvalue weighted by Gasteiger charge is -2.36. The number of hydrogen-bond acceptors (Lipinski definition) is 7. The number of aryl methyl sites for hydroxylation is 1. The summed E-state index contributed by atoms with van der Waals surface area (Å²) in [5.74, 6) is -0.434. The minimum absolute atomic E-state index is 0.0284. The standard InChI is InChI=1S/C31H50N4O5S.C4H8.C2H5NO/c1-11-21(5)27(34-31(8,9)10)30(38)35-17-24(19(2)3)16-26(35)29(37)33-23(7)22(6)28(36)32-18-41(39,40)25-14-12-20(4)13-15-25;1-4-2-3-4;1-2(3)4/h12-15,19,21,23-24,26-27,34H,6,11,16-18H2,1-5,7-10H3,(H,32,36)(H,33,37);4H,2-3H2,1H3;1H3,(H2,3,4)/t21?,23?,24-,26?,27?;;/m1../s1. The van der Waals surface area contributed by atoms with E-state index in [1.807, 2.05) is 41.5 Å². The zero-order valence-corrected chi connectivity index (χ0v) is 32.5. The van der Waals surface area contributed by atoms with Crippen LogP contribution in [0.1, 0.15) is 100 Å². The van der Waals surface area contributed by atoms with E-state index >= 15 is 0 Å². The molecule has 11 nitrogen and oxygen atoms in total. The van der Waals surface area contributed by atoms with Crippen molar-refractivity contribution in [2.24, 2.45) is 29.4 Å². The zero-order valence-electron chi connectivity index (χ0n) is 31.7. The molecule has 1 aromatic rings. The van der Waals surface area contributed by atoms with E-state index in [0.717, 1.165) is 17.9 Å². The lowest BCUT2D eigenvalue weighted by atomic mass is 9.93. The molecule has 4 amide bonds. The third kappa shape index (κ3) is 15.5. The average Bonchev–Trinajstić information content (AvgIpc) is 3.65. The zero-order chi connectivity index (χ0) is 37.9. The van der Waals surface area contributed by atoms with Gasteiger partial charge in [-0.3, -0.25) is 19.2 Å². The van der Waals surface area contributed by atoms with E-state index in [-0.39, 0.29) is 51.5 Å². The Bertz CT molecular complexity index is 1380. The maximum absolute atomic E-state index is 13.9. The summed E-state index contributed by atoms with van der Waals surface area (Å²) in [5.41, 5.74) is 5.14. The maximum atomic E-state index is 13.9. The Labute approximate surface area is 295 Å². The highest BCUT2D eigenvalue weighted by Crippen LogP contribution is 2.31. The van der Waals surface area contributed by atoms with Crippen molar-refractivity contribution >= 4 is 33.5 Å². The molecule has 12 heteroatoms. The van der Waals surface area contributed by atoms with E-state index in [1.54, 1.807) is 24.0 Å². The first-order chi connectivity index (χ1) is 22.5. The van der Waals surface area contributed by atoms with Gasteiger partial charge in [0, 0.05) is 24.6 Å². The van der Waals surface area contributed by atoms with Crippen molar-refractivity contribution in [3.05, 3.63) is 42.0 Å². The minimum Gasteiger partial charge on any atom is -0.370 e. The smallest absolute Gasteiger partial charge is 0.249 e. The number of carbonyl (C=O) groups excluding carboxylic acids is 4. The number of nitrogens with two attached hydrogens (primary N) is 1. The Morgan fingerprint density at radius 1 is 1.04 bits per heavy atom. The predicted molar refractivity (Wildman–Crippen MR) is 196 cm³/mol. The summed E-state index contributed by atoms with van der Waals surface area (Å²) < 4.78 is 25.3. The van der Waals surface area contributed by atoms with Crippen molar-refractivity contribution in [3.8, 4) is 0 Å². The van der Waals surface area contributed by atoms with Crippen LogP contribution in [0.15, 0.2) is 41.3 Å². The van der Waals surface area contributed by atoms with E-state index < -0.39 is 39.7 Å². The first-order valence-electron chi connectivity index (χ1n) is 17.4. The molecule has 2 fully saturated rings. The normalized spacial score (nSPS) is 19.3. The van der Waals surface area contributed by atoms with Gasteiger partial charge in [0.25, 0.3) is 0 Å². The quantitative estimate of drug-likeness (QED) is 0.233. The van der Waals surface area contributed by atoms with Crippen molar-refractivity contribution in [1.82, 2.24) is 20.9 Å². The average molecular weight is 706 g/mol. The molecule has 0 aromatic heterocycles. The Morgan fingerprint density at radius 2 is 1.55 bits per heavy atom. The fourth-order valence-corrected chi connectivity index (χ4v) is 6.07. The van der Waals surface area contributed by atoms with Gasteiger partial charge in [0.15, 0.2) is 9.84 Å². The monoisotopic (exact) mass is 705 g/mol. The summed E-state index contributed by atoms with van der Waals surface area (Å²) in [6.07, 6.45) is 4.31. The number of nitrogens with zero attached hydrogens (tertiary/aromatic N) is 1. The van der Waals surface area contributed by atoms with Gasteiger partial charge in [-0.2, -0.15) is 0 Å². The molecule has 278 valence electrons. The van der Waals surface area contributed by atoms with Crippen molar-refractivity contribution in [2.45, 2.75) is 130 Å². The minimum atomic E-state index is -3.74. The first-order valence-corrected chi connectivity index (χ1v) is 19.1. The van der Waals surface area contributed by atoms with Crippen LogP contribution in [-0.4, -0.2) is 73.0 Å². The summed E-state index contributed by atoms with van der Waals surface area (Å²) in [7, 11) is -3.74. The van der Waals surface area contributed by atoms with Crippen molar-refractivity contribution < 1.29 is 27.6 Å². The number of hydrogen-bond donors (Lipinski definition) is 4. The van der Waals surface area contributed by atoms with Gasteiger partial charge in [-0.25, -0.2) is 8.42 Å². The number of amides is 4. The number of likely N-dealkylation sites (tertiary alicyclic amines) is 1. The molecule has 3 rings (SSSR count). The molecule has 1 heterocycles. The molecule has 2 aliphatic rings. The molecule has 0 radical (unpaired) electrons. The second-order valence-electron chi connectivity index (χ2n) is 15.1. The molecule has 1 aliphatic carbocycles. The predicted octanol–water partition coefficient (Wildman–Crippen LogP) is 4.49. The first kappa shape index (κ1) is 43.8. The Hall–Kier alpha value is -3.25. The van der Waals surface area contributed by atoms with Crippen LogP contribution in [0, 0.1) is 30.6 Å². The highest BCUT2D eigenvalue weighted by atomic mass is 32.2. The Kier molecular flexibility index (Phi) is 17.2. The molecular formula is C37H63N5O6S. The number of primary amides is 1. The Morgan fingerprint density at radius 3 is 1.98 bits per heavy atom. The largest absolute Gasteiger partial charge is 0.370 e. The lowest BCUT2D eigenvalue weighted by Crippen LogP contribution is -2.58. The van der Waals surface area contributed by atoms with Gasteiger partial charge >= 0.3 is 0 Å². The van der Waals surface area contributed by atoms with Gasteiger partial charge in [0.1, 0.15) is 11.9 Å². The SMILES string of the molecule is C=C(C(=O)NCS(=O)(=O)c1ccc(C)cc1)C(C)NC(=O)C1C[C@@H](C(C)C)CN1C(=O)C(NC(C)(C)C)C(C)CC.CC(N)=O.CC1CC1. The molecule has 0 spiro atoms. The molecule has 1 saturated carbocycles. The number of rotatable bonds is 12. The van der Waals surface area contributed by atoms with Gasteiger partial charge in [0.2, 0.25) is 23.6 Å². The summed E-state index contributed by atoms with van der Waals surface area (Å²) in [6, 6.07) is 4.50. The molecule has 5 atom stereocenters. The number of nitrogens with one attached hydrogen (secondary N) is 3. The van der Waals surface area contributed by atoms with Gasteiger partial charge in [-0.15, -0.1) is 0 Å². The highest BCUT2D eigenvalue weighted by Gasteiger charge is 2.44. The Balaban J connectivity index is 0.00000132. The van der Waals surface area contributed by atoms with Crippen LogP contribution in [-0.2, 0) is 29.0 Å². The van der Waals surface area contributed by atoms with E-state index in [1.165, 1.54) is 31.9 Å². The van der Waals surface area contributed by atoms with Gasteiger partial charge in [-0.1, -0.05) is 78.2 Å². The summed E-state index contributed by atoms with van der Waals surface area (Å²) in [4.78, 5) is 51.2. The van der Waals surface area contributed by atoms with Crippen LogP contribution in [0.2, 0.25) is 0 Å². The molecule has 49 heavy (non-hydrogen) atoms. The summed E-state index contributed by atoms with van der Waals surface area (Å²) >= 11 is 0. The van der Waals surface area contributed by atoms with E-state index in [0.29, 0.717) is 13.0 Å². The molecule has 1 aromatic carbocycles. The second-order valence-corrected chi connectivity index (χ2v) is 17.1. The molecule has 1 aliphatic heterocycles.